The average molecular weight is 482 g/mol. The van der Waals surface area contributed by atoms with Crippen LogP contribution in [0.4, 0.5) is 24.5 Å². The van der Waals surface area contributed by atoms with Gasteiger partial charge in [-0.15, -0.1) is 10.2 Å². The van der Waals surface area contributed by atoms with Crippen molar-refractivity contribution in [3.8, 4) is 11.6 Å². The lowest BCUT2D eigenvalue weighted by atomic mass is 10.2. The molecule has 0 aliphatic carbocycles. The fraction of sp³-hybridized carbons (Fsp3) is 0.350. The molecule has 1 N–H and O–H groups in total. The lowest BCUT2D eigenvalue weighted by molar-refractivity contribution is -0.137. The molecule has 0 unspecified atom stereocenters. The normalized spacial score (nSPS) is 12.1. The number of rotatable bonds is 5. The summed E-state index contributed by atoms with van der Waals surface area (Å²) in [5, 5.41) is 18.2. The van der Waals surface area contributed by atoms with Gasteiger partial charge in [-0.2, -0.15) is 13.2 Å². The molecule has 0 spiro atoms. The summed E-state index contributed by atoms with van der Waals surface area (Å²) in [4.78, 5) is 25.7. The quantitative estimate of drug-likeness (QED) is 0.432. The number of halogens is 3. The van der Waals surface area contributed by atoms with E-state index in [2.05, 4.69) is 10.2 Å². The van der Waals surface area contributed by atoms with E-state index in [1.54, 1.807) is 13.8 Å². The van der Waals surface area contributed by atoms with Crippen molar-refractivity contribution >= 4 is 23.6 Å². The third kappa shape index (κ3) is 4.15. The van der Waals surface area contributed by atoms with Crippen LogP contribution < -0.4 is 11.1 Å². The molecule has 13 heteroatoms. The van der Waals surface area contributed by atoms with Crippen LogP contribution in [0.2, 0.25) is 0 Å². The SMILES string of the molecule is CCn1c(O)c(N=Nc2c(C)n(C)n(-c3cccc(C(F)(F)F)c3)c2=O)c(=O)n(CC)c1=S. The first-order valence-corrected chi connectivity index (χ1v) is 10.3. The van der Waals surface area contributed by atoms with Gasteiger partial charge in [-0.3, -0.25) is 23.4 Å². The largest absolute Gasteiger partial charge is 0.493 e. The molecule has 0 atom stereocenters. The van der Waals surface area contributed by atoms with Crippen LogP contribution in [-0.4, -0.2) is 23.6 Å². The summed E-state index contributed by atoms with van der Waals surface area (Å²) in [6.07, 6.45) is -4.58. The molecule has 0 fully saturated rings. The average Bonchev–Trinajstić information content (AvgIpc) is 2.96. The van der Waals surface area contributed by atoms with E-state index in [-0.39, 0.29) is 29.2 Å². The highest BCUT2D eigenvalue weighted by Gasteiger charge is 2.31. The highest BCUT2D eigenvalue weighted by atomic mass is 32.1. The summed E-state index contributed by atoms with van der Waals surface area (Å²) in [5.74, 6) is -0.493. The lowest BCUT2D eigenvalue weighted by Gasteiger charge is -2.12. The predicted molar refractivity (Wildman–Crippen MR) is 117 cm³/mol. The van der Waals surface area contributed by atoms with E-state index in [0.29, 0.717) is 5.69 Å². The van der Waals surface area contributed by atoms with Crippen molar-refractivity contribution in [3.63, 3.8) is 0 Å². The van der Waals surface area contributed by atoms with Gasteiger partial charge in [0.1, 0.15) is 0 Å². The van der Waals surface area contributed by atoms with Gasteiger partial charge in [0.2, 0.25) is 11.6 Å². The Kier molecular flexibility index (Phi) is 6.45. The predicted octanol–water partition coefficient (Wildman–Crippen LogP) is 4.36. The number of alkyl halides is 3. The van der Waals surface area contributed by atoms with Crippen molar-refractivity contribution in [1.29, 1.82) is 0 Å². The Balaban J connectivity index is 2.19. The Labute approximate surface area is 190 Å². The third-order valence-corrected chi connectivity index (χ3v) is 5.64. The lowest BCUT2D eigenvalue weighted by Crippen LogP contribution is -2.24. The Hall–Kier alpha value is -3.48. The number of aromatic nitrogens is 4. The third-order valence-electron chi connectivity index (χ3n) is 5.20. The zero-order valence-corrected chi connectivity index (χ0v) is 19.0. The Morgan fingerprint density at radius 3 is 2.21 bits per heavy atom. The second-order valence-electron chi connectivity index (χ2n) is 7.07. The van der Waals surface area contributed by atoms with E-state index in [0.717, 1.165) is 16.8 Å². The van der Waals surface area contributed by atoms with E-state index in [4.69, 9.17) is 12.2 Å². The smallest absolute Gasteiger partial charge is 0.416 e. The van der Waals surface area contributed by atoms with Crippen LogP contribution in [0.3, 0.4) is 0 Å². The Morgan fingerprint density at radius 1 is 1.03 bits per heavy atom. The molecule has 2 aromatic heterocycles. The molecular formula is C20H21F3N6O3S. The number of aromatic hydroxyl groups is 1. The number of benzene rings is 1. The number of azo groups is 1. The van der Waals surface area contributed by atoms with Crippen molar-refractivity contribution in [1.82, 2.24) is 18.5 Å². The number of nitrogens with zero attached hydrogens (tertiary/aromatic N) is 6. The minimum atomic E-state index is -4.58. The van der Waals surface area contributed by atoms with Gasteiger partial charge in [0, 0.05) is 20.1 Å². The fourth-order valence-corrected chi connectivity index (χ4v) is 3.77. The molecule has 0 aliphatic heterocycles. The van der Waals surface area contributed by atoms with Gasteiger partial charge in [-0.1, -0.05) is 6.07 Å². The van der Waals surface area contributed by atoms with Crippen LogP contribution in [0.15, 0.2) is 44.1 Å². The van der Waals surface area contributed by atoms with Gasteiger partial charge in [-0.25, -0.2) is 4.68 Å². The molecule has 176 valence electrons. The summed E-state index contributed by atoms with van der Waals surface area (Å²) < 4.78 is 44.3. The number of hydrogen-bond acceptors (Lipinski definition) is 6. The van der Waals surface area contributed by atoms with Crippen molar-refractivity contribution in [3.05, 3.63) is 61.0 Å². The molecule has 0 saturated heterocycles. The summed E-state index contributed by atoms with van der Waals surface area (Å²) in [6.45, 7) is 5.44. The first-order chi connectivity index (χ1) is 15.4. The topological polar surface area (TPSA) is 98.8 Å². The van der Waals surface area contributed by atoms with Gasteiger partial charge in [0.05, 0.1) is 16.9 Å². The summed E-state index contributed by atoms with van der Waals surface area (Å²) in [7, 11) is 1.48. The molecule has 0 saturated carbocycles. The molecule has 0 radical (unpaired) electrons. The zero-order valence-electron chi connectivity index (χ0n) is 18.2. The monoisotopic (exact) mass is 482 g/mol. The highest BCUT2D eigenvalue weighted by molar-refractivity contribution is 7.71. The van der Waals surface area contributed by atoms with Crippen molar-refractivity contribution in [2.24, 2.45) is 17.3 Å². The minimum absolute atomic E-state index is 0.0163. The first-order valence-electron chi connectivity index (χ1n) is 9.88. The maximum absolute atomic E-state index is 13.1. The summed E-state index contributed by atoms with van der Waals surface area (Å²) in [6, 6.07) is 4.30. The standard InChI is InChI=1S/C20H21F3N6O3S/c1-5-27-16(30)15(17(31)28(6-2)19(27)33)25-24-14-11(3)26(4)29(18(14)32)13-9-7-8-12(10-13)20(21,22)23/h7-10,30H,5-6H2,1-4H3. The zero-order chi connectivity index (χ0) is 24.7. The molecule has 1 aromatic carbocycles. The minimum Gasteiger partial charge on any atom is -0.493 e. The van der Waals surface area contributed by atoms with Crippen molar-refractivity contribution in [2.45, 2.75) is 40.0 Å². The van der Waals surface area contributed by atoms with Crippen LogP contribution in [0.5, 0.6) is 5.88 Å². The maximum atomic E-state index is 13.1. The molecule has 3 aromatic rings. The van der Waals surface area contributed by atoms with Crippen LogP contribution in [0.1, 0.15) is 25.1 Å². The van der Waals surface area contributed by atoms with Crippen molar-refractivity contribution in [2.75, 3.05) is 0 Å². The second-order valence-corrected chi connectivity index (χ2v) is 7.44. The summed E-state index contributed by atoms with van der Waals surface area (Å²) >= 11 is 5.21. The summed E-state index contributed by atoms with van der Waals surface area (Å²) in [5.41, 5.74) is -2.65. The molecule has 0 bridgehead atoms. The molecular weight excluding hydrogens is 461 g/mol. The van der Waals surface area contributed by atoms with Crippen LogP contribution in [0.25, 0.3) is 5.69 Å². The number of hydrogen-bond donors (Lipinski definition) is 1. The van der Waals surface area contributed by atoms with E-state index in [1.807, 2.05) is 0 Å². The maximum Gasteiger partial charge on any atom is 0.416 e. The van der Waals surface area contributed by atoms with E-state index >= 15 is 0 Å². The molecule has 33 heavy (non-hydrogen) atoms. The van der Waals surface area contributed by atoms with E-state index in [1.165, 1.54) is 39.9 Å². The molecule has 0 aliphatic rings. The van der Waals surface area contributed by atoms with Gasteiger partial charge in [-0.05, 0) is 51.2 Å². The second kappa shape index (κ2) is 8.81. The van der Waals surface area contributed by atoms with Crippen LogP contribution >= 0.6 is 12.2 Å². The first kappa shape index (κ1) is 24.2. The molecule has 0 amide bonds. The highest BCUT2D eigenvalue weighted by Crippen LogP contribution is 2.31. The molecule has 3 rings (SSSR count). The van der Waals surface area contributed by atoms with E-state index in [9.17, 15) is 27.9 Å². The fourth-order valence-electron chi connectivity index (χ4n) is 3.34. The molecule has 9 nitrogen and oxygen atoms in total. The van der Waals surface area contributed by atoms with Crippen LogP contribution in [0, 0.1) is 11.7 Å². The van der Waals surface area contributed by atoms with Gasteiger partial charge >= 0.3 is 6.18 Å². The Bertz CT molecular complexity index is 1430. The van der Waals surface area contributed by atoms with Gasteiger partial charge in [0.25, 0.3) is 11.1 Å². The van der Waals surface area contributed by atoms with E-state index < -0.39 is 34.4 Å². The van der Waals surface area contributed by atoms with Crippen molar-refractivity contribution < 1.29 is 18.3 Å². The molecule has 2 heterocycles. The van der Waals surface area contributed by atoms with Crippen LogP contribution in [-0.2, 0) is 26.3 Å². The van der Waals surface area contributed by atoms with Gasteiger partial charge in [0.15, 0.2) is 10.5 Å². The van der Waals surface area contributed by atoms with Gasteiger partial charge < -0.3 is 5.11 Å². The Morgan fingerprint density at radius 2 is 1.64 bits per heavy atom.